The molecule has 0 N–H and O–H groups in total. The molecule has 0 unspecified atom stereocenters. The maximum atomic E-state index is 4.21. The quantitative estimate of drug-likeness (QED) is 0.160. The molecule has 51 heavy (non-hydrogen) atoms. The lowest BCUT2D eigenvalue weighted by atomic mass is 9.72. The molecule has 0 aromatic heterocycles. The Bertz CT molecular complexity index is 2240. The predicted octanol–water partition coefficient (Wildman–Crippen LogP) is 13.4. The van der Waals surface area contributed by atoms with Crippen LogP contribution in [0.25, 0.3) is 16.7 Å². The third-order valence-corrected chi connectivity index (χ3v) is 10.3. The first-order chi connectivity index (χ1) is 24.8. The average Bonchev–Trinajstić information content (AvgIpc) is 3.16. The zero-order valence-corrected chi connectivity index (χ0v) is 30.4. The summed E-state index contributed by atoms with van der Waals surface area (Å²) in [7, 11) is 0. The Hall–Kier alpha value is -5.86. The first kappa shape index (κ1) is 33.6. The van der Waals surface area contributed by atoms with Crippen LogP contribution in [-0.2, 0) is 11.8 Å². The van der Waals surface area contributed by atoms with Gasteiger partial charge in [-0.1, -0.05) is 147 Å². The Morgan fingerprint density at radius 1 is 0.745 bits per heavy atom. The van der Waals surface area contributed by atoms with Gasteiger partial charge < -0.3 is 9.80 Å². The predicted molar refractivity (Wildman–Crippen MR) is 220 cm³/mol. The lowest BCUT2D eigenvalue weighted by Gasteiger charge is -2.43. The fourth-order valence-electron chi connectivity index (χ4n) is 7.66. The van der Waals surface area contributed by atoms with Crippen LogP contribution < -0.4 is 9.80 Å². The smallest absolute Gasteiger partial charge is 0.0499 e. The number of hydrogen-bond donors (Lipinski definition) is 0. The topological polar surface area (TPSA) is 6.48 Å². The second kappa shape index (κ2) is 14.2. The van der Waals surface area contributed by atoms with Crippen molar-refractivity contribution in [3.8, 4) is 11.1 Å². The molecule has 2 nitrogen and oxygen atoms in total. The monoisotopic (exact) mass is 662 g/mol. The van der Waals surface area contributed by atoms with Gasteiger partial charge >= 0.3 is 0 Å². The van der Waals surface area contributed by atoms with E-state index in [0.717, 1.165) is 34.6 Å². The lowest BCUT2D eigenvalue weighted by molar-refractivity contribution is 0.616. The number of hydrogen-bond acceptors (Lipinski definition) is 2. The Labute approximate surface area is 304 Å². The second-order valence-electron chi connectivity index (χ2n) is 13.9. The molecular formula is C49H46N2. The van der Waals surface area contributed by atoms with Gasteiger partial charge in [-0.05, 0) is 109 Å². The molecule has 0 fully saturated rings. The summed E-state index contributed by atoms with van der Waals surface area (Å²) >= 11 is 0. The average molecular weight is 663 g/mol. The molecule has 0 saturated heterocycles. The van der Waals surface area contributed by atoms with E-state index < -0.39 is 0 Å². The molecule has 0 atom stereocenters. The van der Waals surface area contributed by atoms with Crippen molar-refractivity contribution in [1.29, 1.82) is 0 Å². The third kappa shape index (κ3) is 6.46. The van der Waals surface area contributed by atoms with E-state index in [1.54, 1.807) is 0 Å². The van der Waals surface area contributed by atoms with Crippen molar-refractivity contribution >= 4 is 28.3 Å². The van der Waals surface area contributed by atoms with Crippen molar-refractivity contribution in [2.75, 3.05) is 9.80 Å². The van der Waals surface area contributed by atoms with Gasteiger partial charge in [-0.15, -0.1) is 0 Å². The van der Waals surface area contributed by atoms with Crippen molar-refractivity contribution in [2.24, 2.45) is 0 Å². The molecule has 0 saturated carbocycles. The number of rotatable bonds is 7. The van der Waals surface area contributed by atoms with Crippen molar-refractivity contribution in [3.05, 3.63) is 210 Å². The van der Waals surface area contributed by atoms with Gasteiger partial charge in [-0.3, -0.25) is 0 Å². The molecule has 7 rings (SSSR count). The highest BCUT2D eigenvalue weighted by atomic mass is 15.2. The van der Waals surface area contributed by atoms with E-state index in [1.807, 2.05) is 6.08 Å². The largest absolute Gasteiger partial charge is 0.314 e. The fourth-order valence-corrected chi connectivity index (χ4v) is 7.66. The molecule has 2 bridgehead atoms. The van der Waals surface area contributed by atoms with E-state index in [4.69, 9.17) is 0 Å². The molecule has 5 aromatic carbocycles. The highest BCUT2D eigenvalue weighted by Gasteiger charge is 2.37. The maximum Gasteiger partial charge on any atom is 0.0499 e. The highest BCUT2D eigenvalue weighted by molar-refractivity contribution is 5.84. The molecular weight excluding hydrogens is 617 g/mol. The summed E-state index contributed by atoms with van der Waals surface area (Å²) < 4.78 is 0. The Morgan fingerprint density at radius 2 is 1.43 bits per heavy atom. The molecule has 2 aliphatic heterocycles. The zero-order valence-electron chi connectivity index (χ0n) is 30.4. The van der Waals surface area contributed by atoms with Crippen LogP contribution in [0.5, 0.6) is 0 Å². The van der Waals surface area contributed by atoms with Crippen LogP contribution >= 0.6 is 0 Å². The van der Waals surface area contributed by atoms with Crippen molar-refractivity contribution in [3.63, 3.8) is 0 Å². The number of benzene rings is 5. The van der Waals surface area contributed by atoms with Crippen LogP contribution in [0.15, 0.2) is 193 Å². The first-order valence-electron chi connectivity index (χ1n) is 17.9. The molecule has 252 valence electrons. The summed E-state index contributed by atoms with van der Waals surface area (Å²) in [5.41, 5.74) is 16.6. The molecule has 0 radical (unpaired) electrons. The van der Waals surface area contributed by atoms with Crippen LogP contribution in [-0.4, -0.2) is 0 Å². The molecule has 2 aliphatic rings. The van der Waals surface area contributed by atoms with Crippen molar-refractivity contribution < 1.29 is 0 Å². The van der Waals surface area contributed by atoms with Crippen molar-refractivity contribution in [2.45, 2.75) is 46.5 Å². The van der Waals surface area contributed by atoms with E-state index >= 15 is 0 Å². The Balaban J connectivity index is 1.44. The number of anilines is 4. The van der Waals surface area contributed by atoms with E-state index in [2.05, 4.69) is 209 Å². The Kier molecular flexibility index (Phi) is 9.34. The summed E-state index contributed by atoms with van der Waals surface area (Å²) in [4.78, 5) is 4.87. The van der Waals surface area contributed by atoms with Gasteiger partial charge in [0.1, 0.15) is 0 Å². The lowest BCUT2D eigenvalue weighted by Crippen LogP contribution is -2.33. The standard InChI is InChI=1S/C49H46N2/c1-7-37(38-20-11-9-12-21-38)32-42(8-2)51(43-26-18-24-40(33-43)39-22-13-10-14-23-39)44-29-30-47-41(34-44)25-17-19-35(3)31-46-36(4)50(47)48-28-16-15-27-45(48)49(46,5)6/h7-24,26-34H,1,25H2,2-6H3/b19-17?,35-31-,37-32+,42-8+. The number of fused-ring (bicyclic) bond motifs is 5. The summed E-state index contributed by atoms with van der Waals surface area (Å²) in [6.07, 6.45) is 14.2. The van der Waals surface area contributed by atoms with Crippen LogP contribution in [0.3, 0.4) is 0 Å². The molecule has 0 spiro atoms. The normalized spacial score (nSPS) is 16.5. The van der Waals surface area contributed by atoms with Gasteiger partial charge in [0.05, 0.1) is 0 Å². The summed E-state index contributed by atoms with van der Waals surface area (Å²) in [6.45, 7) is 15.5. The van der Waals surface area contributed by atoms with Gasteiger partial charge in [0.2, 0.25) is 0 Å². The van der Waals surface area contributed by atoms with E-state index in [1.165, 1.54) is 50.5 Å². The van der Waals surface area contributed by atoms with E-state index in [9.17, 15) is 0 Å². The van der Waals surface area contributed by atoms with Crippen LogP contribution in [0.4, 0.5) is 22.7 Å². The summed E-state index contributed by atoms with van der Waals surface area (Å²) in [5, 5.41) is 0. The minimum Gasteiger partial charge on any atom is -0.314 e. The van der Waals surface area contributed by atoms with Crippen LogP contribution in [0.1, 0.15) is 51.3 Å². The minimum absolute atomic E-state index is 0.124. The SMILES string of the molecule is C=C/C(=C\C(=C/C)N(c1cccc(-c2ccccc2)c1)c1ccc2c(c1)CC=C/C(C)=C\C1=C(C)N2c2ccccc2C1(C)C)c1ccccc1. The molecule has 0 aliphatic carbocycles. The maximum absolute atomic E-state index is 4.21. The summed E-state index contributed by atoms with van der Waals surface area (Å²) in [6, 6.07) is 45.9. The summed E-state index contributed by atoms with van der Waals surface area (Å²) in [5.74, 6) is 0. The minimum atomic E-state index is -0.124. The van der Waals surface area contributed by atoms with Gasteiger partial charge in [0.25, 0.3) is 0 Å². The fraction of sp³-hybridized carbons (Fsp3) is 0.143. The molecule has 0 amide bonds. The number of allylic oxidation sites excluding steroid dienone is 10. The van der Waals surface area contributed by atoms with E-state index in [-0.39, 0.29) is 5.41 Å². The zero-order chi connectivity index (χ0) is 35.5. The first-order valence-corrected chi connectivity index (χ1v) is 17.9. The molecule has 2 heterocycles. The molecule has 5 aromatic rings. The number of nitrogens with zero attached hydrogens (tertiary/aromatic N) is 2. The number of para-hydroxylation sites is 1. The van der Waals surface area contributed by atoms with E-state index in [0.29, 0.717) is 0 Å². The third-order valence-electron chi connectivity index (χ3n) is 10.3. The van der Waals surface area contributed by atoms with Crippen LogP contribution in [0.2, 0.25) is 0 Å². The van der Waals surface area contributed by atoms with Crippen LogP contribution in [0, 0.1) is 0 Å². The van der Waals surface area contributed by atoms with Gasteiger partial charge in [-0.25, -0.2) is 0 Å². The van der Waals surface area contributed by atoms with Gasteiger partial charge in [-0.2, -0.15) is 0 Å². The highest BCUT2D eigenvalue weighted by Crippen LogP contribution is 2.50. The second-order valence-corrected chi connectivity index (χ2v) is 13.9. The van der Waals surface area contributed by atoms with Crippen molar-refractivity contribution in [1.82, 2.24) is 0 Å². The molecule has 2 heteroatoms. The van der Waals surface area contributed by atoms with Gasteiger partial charge in [0.15, 0.2) is 0 Å². The Morgan fingerprint density at radius 3 is 2.18 bits per heavy atom. The van der Waals surface area contributed by atoms with Gasteiger partial charge in [0, 0.05) is 39.6 Å².